The van der Waals surface area contributed by atoms with Crippen molar-refractivity contribution < 1.29 is 33.9 Å². The van der Waals surface area contributed by atoms with Gasteiger partial charge in [0.25, 0.3) is 0 Å². The number of carboxylic acid groups (broad SMARTS) is 1. The summed E-state index contributed by atoms with van der Waals surface area (Å²) in [5.74, 6) is -1.31. The highest BCUT2D eigenvalue weighted by atomic mass is 31.2. The van der Waals surface area contributed by atoms with Gasteiger partial charge in [0.15, 0.2) is 0 Å². The third-order valence-electron chi connectivity index (χ3n) is 3.80. The van der Waals surface area contributed by atoms with Crippen molar-refractivity contribution in [2.24, 2.45) is 5.92 Å². The Morgan fingerprint density at radius 1 is 1.46 bits per heavy atom. The van der Waals surface area contributed by atoms with Crippen LogP contribution in [0.3, 0.4) is 0 Å². The van der Waals surface area contributed by atoms with Crippen LogP contribution in [0.1, 0.15) is 37.1 Å². The second-order valence-electron chi connectivity index (χ2n) is 5.54. The van der Waals surface area contributed by atoms with Gasteiger partial charge < -0.3 is 20.0 Å². The summed E-state index contributed by atoms with van der Waals surface area (Å²) < 4.78 is 15.3. The molecule has 1 aromatic rings. The molecule has 1 aromatic heterocycles. The fourth-order valence-electron chi connectivity index (χ4n) is 2.14. The molecular formula is C14H23N2O7P. The number of phosphoric acid groups is 1. The first-order chi connectivity index (χ1) is 11.1. The Kier molecular flexibility index (Phi) is 7.31. The van der Waals surface area contributed by atoms with Gasteiger partial charge in [0.2, 0.25) is 0 Å². The van der Waals surface area contributed by atoms with Gasteiger partial charge in [0.1, 0.15) is 11.8 Å². The van der Waals surface area contributed by atoms with Crippen LogP contribution >= 0.6 is 7.82 Å². The van der Waals surface area contributed by atoms with Crippen molar-refractivity contribution in [2.75, 3.05) is 0 Å². The number of aryl methyl sites for hydroxylation is 1. The zero-order valence-electron chi connectivity index (χ0n) is 13.8. The number of hydrogen-bond acceptors (Lipinski definition) is 6. The number of hydrogen-bond donors (Lipinski definition) is 5. The van der Waals surface area contributed by atoms with E-state index < -0.39 is 26.4 Å². The number of aliphatic carboxylic acids is 1. The average molecular weight is 362 g/mol. The fraction of sp³-hybridized carbons (Fsp3) is 0.571. The quantitative estimate of drug-likeness (QED) is 0.410. The minimum Gasteiger partial charge on any atom is -0.506 e. The van der Waals surface area contributed by atoms with E-state index in [0.717, 1.165) is 0 Å². The number of rotatable bonds is 9. The number of aromatic nitrogens is 1. The molecule has 136 valence electrons. The van der Waals surface area contributed by atoms with E-state index in [1.165, 1.54) is 6.20 Å². The maximum Gasteiger partial charge on any atom is 0.469 e. The van der Waals surface area contributed by atoms with Gasteiger partial charge in [-0.3, -0.25) is 19.6 Å². The van der Waals surface area contributed by atoms with Crippen molar-refractivity contribution in [3.8, 4) is 5.75 Å². The number of nitrogens with one attached hydrogen (secondary N) is 1. The molecule has 0 aliphatic heterocycles. The Labute approximate surface area is 139 Å². The normalized spacial score (nSPS) is 14.4. The number of carboxylic acids is 1. The van der Waals surface area contributed by atoms with E-state index in [2.05, 4.69) is 14.8 Å². The maximum atomic E-state index is 11.4. The molecule has 9 nitrogen and oxygen atoms in total. The number of aromatic hydroxyl groups is 1. The Balaban J connectivity index is 3.01. The largest absolute Gasteiger partial charge is 0.506 e. The molecule has 1 rings (SSSR count). The van der Waals surface area contributed by atoms with Crippen LogP contribution in [0.25, 0.3) is 0 Å². The van der Waals surface area contributed by atoms with E-state index in [9.17, 15) is 19.6 Å². The smallest absolute Gasteiger partial charge is 0.469 e. The first-order valence-electron chi connectivity index (χ1n) is 7.39. The van der Waals surface area contributed by atoms with Crippen molar-refractivity contribution in [1.29, 1.82) is 0 Å². The summed E-state index contributed by atoms with van der Waals surface area (Å²) in [5, 5.41) is 22.3. The van der Waals surface area contributed by atoms with Crippen LogP contribution in [0.4, 0.5) is 0 Å². The molecule has 0 spiro atoms. The molecule has 0 bridgehead atoms. The molecule has 10 heteroatoms. The molecule has 5 N–H and O–H groups in total. The van der Waals surface area contributed by atoms with Crippen LogP contribution in [0.15, 0.2) is 6.20 Å². The highest BCUT2D eigenvalue weighted by Crippen LogP contribution is 2.38. The summed E-state index contributed by atoms with van der Waals surface area (Å²) in [6, 6.07) is -0.821. The predicted molar refractivity (Wildman–Crippen MR) is 85.2 cm³/mol. The maximum absolute atomic E-state index is 11.4. The van der Waals surface area contributed by atoms with Gasteiger partial charge in [0, 0.05) is 23.9 Å². The Morgan fingerprint density at radius 3 is 2.58 bits per heavy atom. The lowest BCUT2D eigenvalue weighted by molar-refractivity contribution is -0.140. The van der Waals surface area contributed by atoms with Crippen LogP contribution in [-0.2, 0) is 27.0 Å². The first-order valence-corrected chi connectivity index (χ1v) is 8.92. The van der Waals surface area contributed by atoms with Crippen molar-refractivity contribution >= 4 is 13.8 Å². The molecule has 0 saturated carbocycles. The monoisotopic (exact) mass is 362 g/mol. The summed E-state index contributed by atoms with van der Waals surface area (Å²) in [5.41, 5.74) is 0.884. The van der Waals surface area contributed by atoms with Crippen LogP contribution in [-0.4, -0.2) is 37.0 Å². The minimum atomic E-state index is -4.68. The Bertz CT molecular complexity index is 632. The predicted octanol–water partition coefficient (Wildman–Crippen LogP) is 1.29. The van der Waals surface area contributed by atoms with E-state index in [0.29, 0.717) is 17.7 Å². The van der Waals surface area contributed by atoms with Gasteiger partial charge in [-0.25, -0.2) is 4.57 Å². The third-order valence-corrected chi connectivity index (χ3v) is 4.26. The van der Waals surface area contributed by atoms with E-state index in [1.807, 2.05) is 6.92 Å². The highest BCUT2D eigenvalue weighted by molar-refractivity contribution is 7.46. The van der Waals surface area contributed by atoms with Gasteiger partial charge in [-0.1, -0.05) is 20.3 Å². The topological polar surface area (TPSA) is 149 Å². The molecule has 0 radical (unpaired) electrons. The van der Waals surface area contributed by atoms with Crippen LogP contribution < -0.4 is 5.32 Å². The summed E-state index contributed by atoms with van der Waals surface area (Å²) in [4.78, 5) is 32.9. The van der Waals surface area contributed by atoms with E-state index in [1.54, 1.807) is 13.8 Å². The molecule has 0 aromatic carbocycles. The molecule has 24 heavy (non-hydrogen) atoms. The number of nitrogens with zero attached hydrogens (tertiary/aromatic N) is 1. The SMILES string of the molecule is CCC(C)C(NCc1c(COP(=O)(O)O)cnc(C)c1O)C(=O)O. The lowest BCUT2D eigenvalue weighted by Gasteiger charge is -2.21. The minimum absolute atomic E-state index is 0.00362. The number of phosphoric ester groups is 1. The third kappa shape index (κ3) is 5.85. The van der Waals surface area contributed by atoms with Crippen LogP contribution in [0, 0.1) is 12.8 Å². The summed E-state index contributed by atoms with van der Waals surface area (Å²) >= 11 is 0. The summed E-state index contributed by atoms with van der Waals surface area (Å²) in [6.07, 6.45) is 1.99. The molecule has 0 saturated heterocycles. The summed E-state index contributed by atoms with van der Waals surface area (Å²) in [7, 11) is -4.68. The zero-order chi connectivity index (χ0) is 18.5. The van der Waals surface area contributed by atoms with Crippen molar-refractivity contribution in [3.05, 3.63) is 23.0 Å². The van der Waals surface area contributed by atoms with Gasteiger partial charge in [-0.15, -0.1) is 0 Å². The Hall–Kier alpha value is -1.51. The van der Waals surface area contributed by atoms with Crippen molar-refractivity contribution in [3.63, 3.8) is 0 Å². The number of pyridine rings is 1. The summed E-state index contributed by atoms with van der Waals surface area (Å²) in [6.45, 7) is 4.77. The van der Waals surface area contributed by atoms with Gasteiger partial charge in [0.05, 0.1) is 12.3 Å². The number of carbonyl (C=O) groups is 1. The fourth-order valence-corrected chi connectivity index (χ4v) is 2.45. The van der Waals surface area contributed by atoms with Crippen LogP contribution in [0.2, 0.25) is 0 Å². The Morgan fingerprint density at radius 2 is 2.08 bits per heavy atom. The van der Waals surface area contributed by atoms with Gasteiger partial charge in [-0.2, -0.15) is 0 Å². The molecule has 2 atom stereocenters. The molecule has 2 unspecified atom stereocenters. The van der Waals surface area contributed by atoms with Crippen LogP contribution in [0.5, 0.6) is 5.75 Å². The van der Waals surface area contributed by atoms with E-state index >= 15 is 0 Å². The van der Waals surface area contributed by atoms with Crippen molar-refractivity contribution in [1.82, 2.24) is 10.3 Å². The highest BCUT2D eigenvalue weighted by Gasteiger charge is 2.24. The lowest BCUT2D eigenvalue weighted by atomic mass is 9.98. The molecule has 0 amide bonds. The molecule has 0 fully saturated rings. The zero-order valence-corrected chi connectivity index (χ0v) is 14.7. The second kappa shape index (κ2) is 8.55. The molecule has 0 aliphatic carbocycles. The first kappa shape index (κ1) is 20.5. The molecular weight excluding hydrogens is 339 g/mol. The van der Waals surface area contributed by atoms with Gasteiger partial charge >= 0.3 is 13.8 Å². The van der Waals surface area contributed by atoms with E-state index in [-0.39, 0.29) is 23.8 Å². The van der Waals surface area contributed by atoms with E-state index in [4.69, 9.17) is 9.79 Å². The standard InChI is InChI=1S/C14H23N2O7P/c1-4-8(2)12(14(18)19)16-6-11-10(7-23-24(20,21)22)5-15-9(3)13(11)17/h5,8,12,16-17H,4,6-7H2,1-3H3,(H,18,19)(H2,20,21,22). The average Bonchev–Trinajstić information content (AvgIpc) is 2.48. The molecule has 1 heterocycles. The second-order valence-corrected chi connectivity index (χ2v) is 6.78. The van der Waals surface area contributed by atoms with Crippen molar-refractivity contribution in [2.45, 2.75) is 46.4 Å². The lowest BCUT2D eigenvalue weighted by Crippen LogP contribution is -2.41. The van der Waals surface area contributed by atoms with Gasteiger partial charge in [-0.05, 0) is 12.8 Å². The molecule has 0 aliphatic rings.